The predicted octanol–water partition coefficient (Wildman–Crippen LogP) is 0.431. The number of nitrogens with zero attached hydrogens (tertiary/aromatic N) is 4. The molecule has 0 bridgehead atoms. The van der Waals surface area contributed by atoms with Crippen LogP contribution in [0.25, 0.3) is 0 Å². The van der Waals surface area contributed by atoms with Crippen LogP contribution in [0.4, 0.5) is 0 Å². The Balaban J connectivity index is 2.72. The van der Waals surface area contributed by atoms with Crippen LogP contribution in [0.2, 0.25) is 0 Å². The van der Waals surface area contributed by atoms with Crippen LogP contribution in [-0.2, 0) is 16.1 Å². The standard InChI is InChI=1S/C8H13N4O2S/c1-3-4-6(15)8-9-10-11-12(8)5-7(13)14-2/h6,15H,1,3-5H2,2H3. The summed E-state index contributed by atoms with van der Waals surface area (Å²) in [5.41, 5.74) is 0. The lowest BCUT2D eigenvalue weighted by Crippen LogP contribution is -2.16. The first kappa shape index (κ1) is 12.0. The second-order valence-corrected chi connectivity index (χ2v) is 3.55. The van der Waals surface area contributed by atoms with Crippen LogP contribution in [0, 0.1) is 6.92 Å². The third-order valence-corrected chi connectivity index (χ3v) is 2.33. The number of tetrazole rings is 1. The molecule has 15 heavy (non-hydrogen) atoms. The SMILES string of the molecule is [CH2]CCC(S)c1nnnn1CC(=O)OC. The fourth-order valence-electron chi connectivity index (χ4n) is 1.07. The molecule has 0 saturated heterocycles. The maximum Gasteiger partial charge on any atom is 0.327 e. The molecular formula is C8H13N4O2S. The number of aromatic nitrogens is 4. The Morgan fingerprint density at radius 3 is 3.07 bits per heavy atom. The highest BCUT2D eigenvalue weighted by molar-refractivity contribution is 7.80. The summed E-state index contributed by atoms with van der Waals surface area (Å²) in [5.74, 6) is 0.172. The van der Waals surface area contributed by atoms with E-state index in [1.54, 1.807) is 0 Å². The highest BCUT2D eigenvalue weighted by Gasteiger charge is 2.16. The zero-order valence-corrected chi connectivity index (χ0v) is 9.35. The molecule has 0 amide bonds. The van der Waals surface area contributed by atoms with Gasteiger partial charge in [-0.3, -0.25) is 4.79 Å². The quantitative estimate of drug-likeness (QED) is 0.585. The summed E-state index contributed by atoms with van der Waals surface area (Å²) < 4.78 is 5.91. The molecule has 0 aromatic carbocycles. The van der Waals surface area contributed by atoms with Gasteiger partial charge < -0.3 is 4.74 Å². The number of carbonyl (C=O) groups excluding carboxylic acids is 1. The lowest BCUT2D eigenvalue weighted by atomic mass is 10.2. The second-order valence-electron chi connectivity index (χ2n) is 2.93. The van der Waals surface area contributed by atoms with Crippen LogP contribution in [0.3, 0.4) is 0 Å². The number of carbonyl (C=O) groups is 1. The fourth-order valence-corrected chi connectivity index (χ4v) is 1.44. The first-order valence-electron chi connectivity index (χ1n) is 4.49. The lowest BCUT2D eigenvalue weighted by Gasteiger charge is -2.08. The molecule has 1 rings (SSSR count). The average Bonchev–Trinajstić information content (AvgIpc) is 2.66. The van der Waals surface area contributed by atoms with E-state index in [2.05, 4.69) is 39.8 Å². The van der Waals surface area contributed by atoms with Gasteiger partial charge in [0.2, 0.25) is 0 Å². The molecule has 0 spiro atoms. The summed E-state index contributed by atoms with van der Waals surface area (Å²) in [6.45, 7) is 3.73. The maximum absolute atomic E-state index is 11.0. The monoisotopic (exact) mass is 229 g/mol. The molecule has 0 aliphatic rings. The smallest absolute Gasteiger partial charge is 0.327 e. The van der Waals surface area contributed by atoms with Gasteiger partial charge in [-0.1, -0.05) is 13.3 Å². The molecule has 83 valence electrons. The summed E-state index contributed by atoms with van der Waals surface area (Å²) in [6, 6.07) is 0. The van der Waals surface area contributed by atoms with Crippen LogP contribution in [0.15, 0.2) is 0 Å². The zero-order valence-electron chi connectivity index (χ0n) is 8.46. The topological polar surface area (TPSA) is 69.9 Å². The highest BCUT2D eigenvalue weighted by Crippen LogP contribution is 2.21. The minimum Gasteiger partial charge on any atom is -0.468 e. The molecule has 1 aromatic heterocycles. The van der Waals surface area contributed by atoms with E-state index in [0.29, 0.717) is 5.82 Å². The molecule has 7 heteroatoms. The Labute approximate surface area is 93.4 Å². The molecular weight excluding hydrogens is 216 g/mol. The fraction of sp³-hybridized carbons (Fsp3) is 0.625. The van der Waals surface area contributed by atoms with Gasteiger partial charge in [0.05, 0.1) is 12.4 Å². The Morgan fingerprint density at radius 2 is 2.47 bits per heavy atom. The molecule has 6 nitrogen and oxygen atoms in total. The van der Waals surface area contributed by atoms with Crippen molar-refractivity contribution in [2.45, 2.75) is 24.6 Å². The molecule has 0 fully saturated rings. The second kappa shape index (κ2) is 5.69. The normalized spacial score (nSPS) is 12.5. The number of esters is 1. The van der Waals surface area contributed by atoms with Crippen molar-refractivity contribution in [1.82, 2.24) is 20.2 Å². The van der Waals surface area contributed by atoms with Gasteiger partial charge in [0.15, 0.2) is 5.82 Å². The Kier molecular flexibility index (Phi) is 4.54. The minimum atomic E-state index is -0.390. The minimum absolute atomic E-state index is 0.00698. The average molecular weight is 229 g/mol. The third-order valence-electron chi connectivity index (χ3n) is 1.84. The molecule has 1 atom stereocenters. The van der Waals surface area contributed by atoms with E-state index in [0.717, 1.165) is 12.8 Å². The zero-order chi connectivity index (χ0) is 11.3. The van der Waals surface area contributed by atoms with Gasteiger partial charge in [0, 0.05) is 0 Å². The van der Waals surface area contributed by atoms with Crippen molar-refractivity contribution in [1.29, 1.82) is 0 Å². The van der Waals surface area contributed by atoms with Crippen molar-refractivity contribution < 1.29 is 9.53 Å². The van der Waals surface area contributed by atoms with E-state index in [4.69, 9.17) is 0 Å². The largest absolute Gasteiger partial charge is 0.468 e. The number of ether oxygens (including phenoxy) is 1. The molecule has 0 aliphatic heterocycles. The van der Waals surface area contributed by atoms with Crippen molar-refractivity contribution in [2.24, 2.45) is 0 Å². The van der Waals surface area contributed by atoms with Gasteiger partial charge in [0.1, 0.15) is 6.54 Å². The molecule has 1 unspecified atom stereocenters. The maximum atomic E-state index is 11.0. The first-order chi connectivity index (χ1) is 7.19. The number of methoxy groups -OCH3 is 1. The van der Waals surface area contributed by atoms with Crippen LogP contribution in [0.5, 0.6) is 0 Å². The highest BCUT2D eigenvalue weighted by atomic mass is 32.1. The van der Waals surface area contributed by atoms with Crippen LogP contribution < -0.4 is 0 Å². The summed E-state index contributed by atoms with van der Waals surface area (Å²) in [5, 5.41) is 10.9. The Morgan fingerprint density at radius 1 is 1.73 bits per heavy atom. The number of thiol groups is 1. The Bertz CT molecular complexity index is 328. The van der Waals surface area contributed by atoms with Gasteiger partial charge in [-0.15, -0.1) is 5.10 Å². The summed E-state index contributed by atoms with van der Waals surface area (Å²) >= 11 is 4.33. The first-order valence-corrected chi connectivity index (χ1v) is 5.01. The lowest BCUT2D eigenvalue weighted by molar-refractivity contribution is -0.141. The van der Waals surface area contributed by atoms with Gasteiger partial charge in [-0.05, 0) is 16.8 Å². The van der Waals surface area contributed by atoms with Gasteiger partial charge in [-0.2, -0.15) is 12.6 Å². The summed E-state index contributed by atoms with van der Waals surface area (Å²) in [6.07, 6.45) is 1.49. The van der Waals surface area contributed by atoms with Crippen LogP contribution in [0.1, 0.15) is 23.9 Å². The van der Waals surface area contributed by atoms with E-state index in [1.807, 2.05) is 0 Å². The van der Waals surface area contributed by atoms with E-state index < -0.39 is 5.97 Å². The number of hydrogen-bond donors (Lipinski definition) is 1. The summed E-state index contributed by atoms with van der Waals surface area (Å²) in [7, 11) is 1.32. The number of rotatable bonds is 5. The van der Waals surface area contributed by atoms with E-state index in [-0.39, 0.29) is 11.8 Å². The third kappa shape index (κ3) is 3.19. The number of hydrogen-bond acceptors (Lipinski definition) is 6. The van der Waals surface area contributed by atoms with E-state index in [1.165, 1.54) is 11.8 Å². The van der Waals surface area contributed by atoms with Crippen LogP contribution in [-0.4, -0.2) is 33.3 Å². The van der Waals surface area contributed by atoms with Crippen molar-refractivity contribution in [3.05, 3.63) is 12.7 Å². The Hall–Kier alpha value is -1.11. The van der Waals surface area contributed by atoms with Crippen molar-refractivity contribution in [3.63, 3.8) is 0 Å². The molecule has 1 radical (unpaired) electrons. The van der Waals surface area contributed by atoms with Crippen molar-refractivity contribution in [2.75, 3.05) is 7.11 Å². The van der Waals surface area contributed by atoms with Crippen molar-refractivity contribution >= 4 is 18.6 Å². The molecule has 1 heterocycles. The molecule has 0 saturated carbocycles. The predicted molar refractivity (Wildman–Crippen MR) is 56.2 cm³/mol. The molecule has 0 aliphatic carbocycles. The van der Waals surface area contributed by atoms with E-state index >= 15 is 0 Å². The van der Waals surface area contributed by atoms with Gasteiger partial charge >= 0.3 is 5.97 Å². The molecule has 0 N–H and O–H groups in total. The van der Waals surface area contributed by atoms with Gasteiger partial charge in [0.25, 0.3) is 0 Å². The van der Waals surface area contributed by atoms with Gasteiger partial charge in [-0.25, -0.2) is 4.68 Å². The summed E-state index contributed by atoms with van der Waals surface area (Å²) in [4.78, 5) is 11.0. The molecule has 1 aromatic rings. The van der Waals surface area contributed by atoms with E-state index in [9.17, 15) is 4.79 Å². The van der Waals surface area contributed by atoms with Crippen LogP contribution >= 0.6 is 12.6 Å². The van der Waals surface area contributed by atoms with Crippen molar-refractivity contribution in [3.8, 4) is 0 Å².